The van der Waals surface area contributed by atoms with Crippen molar-refractivity contribution in [2.24, 2.45) is 0 Å². The van der Waals surface area contributed by atoms with Crippen molar-refractivity contribution in [2.45, 2.75) is 12.5 Å². The number of hydrogen-bond donors (Lipinski definition) is 2. The molecule has 1 aromatic rings. The predicted molar refractivity (Wildman–Crippen MR) is 50.3 cm³/mol. The first-order valence-electron chi connectivity index (χ1n) is 4.38. The van der Waals surface area contributed by atoms with Crippen LogP contribution in [0, 0.1) is 11.6 Å². The lowest BCUT2D eigenvalue weighted by Crippen LogP contribution is -2.23. The van der Waals surface area contributed by atoms with Gasteiger partial charge in [-0.2, -0.15) is 0 Å². The Labute approximate surface area is 90.1 Å². The fourth-order valence-corrected chi connectivity index (χ4v) is 1.17. The molecule has 1 rings (SSSR count). The number of carbonyl (C=O) groups is 1. The molecule has 0 saturated heterocycles. The van der Waals surface area contributed by atoms with Gasteiger partial charge in [0.05, 0.1) is 7.11 Å². The largest absolute Gasteiger partial charge is 0.497 e. The third-order valence-corrected chi connectivity index (χ3v) is 2.03. The van der Waals surface area contributed by atoms with E-state index in [1.54, 1.807) is 0 Å². The summed E-state index contributed by atoms with van der Waals surface area (Å²) in [6, 6.07) is 1.85. The molecule has 6 heteroatoms. The molecule has 4 nitrogen and oxygen atoms in total. The first-order valence-corrected chi connectivity index (χ1v) is 4.38. The highest BCUT2D eigenvalue weighted by Crippen LogP contribution is 2.21. The van der Waals surface area contributed by atoms with Gasteiger partial charge in [-0.15, -0.1) is 0 Å². The summed E-state index contributed by atoms with van der Waals surface area (Å²) in [4.78, 5) is 10.3. The molecule has 1 atom stereocenters. The Balaban J connectivity index is 3.01. The summed E-state index contributed by atoms with van der Waals surface area (Å²) in [5.74, 6) is -3.44. The number of halogens is 2. The summed E-state index contributed by atoms with van der Waals surface area (Å²) in [6.07, 6.45) is -2.46. The van der Waals surface area contributed by atoms with E-state index in [0.717, 1.165) is 12.1 Å². The zero-order valence-corrected chi connectivity index (χ0v) is 8.41. The Morgan fingerprint density at radius 3 is 2.31 bits per heavy atom. The molecule has 0 aromatic heterocycles. The van der Waals surface area contributed by atoms with Crippen LogP contribution in [-0.4, -0.2) is 29.4 Å². The van der Waals surface area contributed by atoms with Crippen LogP contribution in [0.3, 0.4) is 0 Å². The van der Waals surface area contributed by atoms with Crippen molar-refractivity contribution in [1.82, 2.24) is 0 Å². The molecule has 0 aliphatic carbocycles. The SMILES string of the molecule is COc1cc(F)c(CC(O)C(=O)O)c(F)c1. The van der Waals surface area contributed by atoms with Crippen LogP contribution in [0.25, 0.3) is 0 Å². The minimum atomic E-state index is -1.84. The number of ether oxygens (including phenoxy) is 1. The van der Waals surface area contributed by atoms with Gasteiger partial charge in [0.2, 0.25) is 0 Å². The summed E-state index contributed by atoms with van der Waals surface area (Å²) in [6.45, 7) is 0. The van der Waals surface area contributed by atoms with E-state index < -0.39 is 35.7 Å². The number of rotatable bonds is 4. The molecule has 0 aliphatic heterocycles. The molecule has 0 spiro atoms. The Kier molecular flexibility index (Phi) is 3.78. The lowest BCUT2D eigenvalue weighted by molar-refractivity contribution is -0.146. The second-order valence-corrected chi connectivity index (χ2v) is 3.13. The summed E-state index contributed by atoms with van der Waals surface area (Å²) < 4.78 is 31.2. The zero-order valence-electron chi connectivity index (χ0n) is 8.41. The molecule has 0 heterocycles. The highest BCUT2D eigenvalue weighted by atomic mass is 19.1. The molecule has 0 aliphatic rings. The monoisotopic (exact) mass is 232 g/mol. The molecule has 0 fully saturated rings. The molecule has 0 radical (unpaired) electrons. The summed E-state index contributed by atoms with van der Waals surface area (Å²) in [7, 11) is 1.25. The van der Waals surface area contributed by atoms with E-state index in [4.69, 9.17) is 10.2 Å². The van der Waals surface area contributed by atoms with E-state index in [9.17, 15) is 13.6 Å². The molecule has 0 bridgehead atoms. The summed E-state index contributed by atoms with van der Waals surface area (Å²) in [5.41, 5.74) is -0.476. The maximum Gasteiger partial charge on any atom is 0.332 e. The second-order valence-electron chi connectivity index (χ2n) is 3.13. The van der Waals surface area contributed by atoms with Crippen LogP contribution in [0.2, 0.25) is 0 Å². The zero-order chi connectivity index (χ0) is 12.3. The number of methoxy groups -OCH3 is 1. The number of aliphatic hydroxyl groups is 1. The van der Waals surface area contributed by atoms with Crippen molar-refractivity contribution < 1.29 is 28.5 Å². The fraction of sp³-hybridized carbons (Fsp3) is 0.300. The molecule has 0 amide bonds. The molecular formula is C10H10F2O4. The van der Waals surface area contributed by atoms with E-state index in [0.29, 0.717) is 0 Å². The standard InChI is InChI=1S/C10H10F2O4/c1-16-5-2-7(11)6(8(12)3-5)4-9(13)10(14)15/h2-3,9,13H,4H2,1H3,(H,14,15). The van der Waals surface area contributed by atoms with Crippen LogP contribution in [0.15, 0.2) is 12.1 Å². The van der Waals surface area contributed by atoms with Gasteiger partial charge in [-0.3, -0.25) is 0 Å². The lowest BCUT2D eigenvalue weighted by atomic mass is 10.1. The van der Waals surface area contributed by atoms with Crippen LogP contribution < -0.4 is 4.74 Å². The van der Waals surface area contributed by atoms with E-state index in [2.05, 4.69) is 4.74 Å². The molecule has 2 N–H and O–H groups in total. The fourth-order valence-electron chi connectivity index (χ4n) is 1.17. The molecule has 1 aromatic carbocycles. The first kappa shape index (κ1) is 12.4. The summed E-state index contributed by atoms with van der Waals surface area (Å²) in [5, 5.41) is 17.4. The number of aliphatic carboxylic acids is 1. The van der Waals surface area contributed by atoms with Gasteiger partial charge in [-0.05, 0) is 0 Å². The van der Waals surface area contributed by atoms with Crippen molar-refractivity contribution in [3.63, 3.8) is 0 Å². The maximum absolute atomic E-state index is 13.3. The van der Waals surface area contributed by atoms with Gasteiger partial charge >= 0.3 is 5.97 Å². The smallest absolute Gasteiger partial charge is 0.332 e. The predicted octanol–water partition coefficient (Wildman–Crippen LogP) is 0.961. The minimum absolute atomic E-state index is 0.0106. The number of carboxylic acid groups (broad SMARTS) is 1. The van der Waals surface area contributed by atoms with E-state index >= 15 is 0 Å². The topological polar surface area (TPSA) is 66.8 Å². The second kappa shape index (κ2) is 4.89. The van der Waals surface area contributed by atoms with Crippen LogP contribution in [0.1, 0.15) is 5.56 Å². The molecule has 16 heavy (non-hydrogen) atoms. The van der Waals surface area contributed by atoms with Gasteiger partial charge in [0.15, 0.2) is 6.10 Å². The Bertz CT molecular complexity index is 383. The quantitative estimate of drug-likeness (QED) is 0.811. The molecular weight excluding hydrogens is 222 g/mol. The van der Waals surface area contributed by atoms with Gasteiger partial charge < -0.3 is 14.9 Å². The molecule has 1 unspecified atom stereocenters. The van der Waals surface area contributed by atoms with E-state index in [1.165, 1.54) is 7.11 Å². The van der Waals surface area contributed by atoms with Gasteiger partial charge in [0.25, 0.3) is 0 Å². The Hall–Kier alpha value is -1.69. The first-order chi connectivity index (χ1) is 7.45. The number of aliphatic hydroxyl groups excluding tert-OH is 1. The minimum Gasteiger partial charge on any atom is -0.497 e. The average Bonchev–Trinajstić information content (AvgIpc) is 2.22. The highest BCUT2D eigenvalue weighted by molar-refractivity contribution is 5.72. The van der Waals surface area contributed by atoms with Crippen LogP contribution >= 0.6 is 0 Å². The third kappa shape index (κ3) is 2.66. The molecule has 88 valence electrons. The van der Waals surface area contributed by atoms with Crippen LogP contribution in [0.4, 0.5) is 8.78 Å². The Morgan fingerprint density at radius 1 is 1.44 bits per heavy atom. The van der Waals surface area contributed by atoms with E-state index in [1.807, 2.05) is 0 Å². The number of carboxylic acids is 1. The lowest BCUT2D eigenvalue weighted by Gasteiger charge is -2.09. The van der Waals surface area contributed by atoms with Crippen molar-refractivity contribution in [3.8, 4) is 5.75 Å². The number of benzene rings is 1. The average molecular weight is 232 g/mol. The van der Waals surface area contributed by atoms with Gasteiger partial charge in [0.1, 0.15) is 17.4 Å². The van der Waals surface area contributed by atoms with Gasteiger partial charge in [0, 0.05) is 24.1 Å². The van der Waals surface area contributed by atoms with Crippen LogP contribution in [-0.2, 0) is 11.2 Å². The number of hydrogen-bond acceptors (Lipinski definition) is 3. The van der Waals surface area contributed by atoms with Gasteiger partial charge in [-0.1, -0.05) is 0 Å². The van der Waals surface area contributed by atoms with Gasteiger partial charge in [-0.25, -0.2) is 13.6 Å². The normalized spacial score (nSPS) is 12.2. The van der Waals surface area contributed by atoms with Crippen molar-refractivity contribution in [3.05, 3.63) is 29.3 Å². The van der Waals surface area contributed by atoms with E-state index in [-0.39, 0.29) is 5.75 Å². The third-order valence-electron chi connectivity index (χ3n) is 2.03. The van der Waals surface area contributed by atoms with Crippen molar-refractivity contribution >= 4 is 5.97 Å². The summed E-state index contributed by atoms with van der Waals surface area (Å²) >= 11 is 0. The van der Waals surface area contributed by atoms with Crippen LogP contribution in [0.5, 0.6) is 5.75 Å². The van der Waals surface area contributed by atoms with Crippen molar-refractivity contribution in [2.75, 3.05) is 7.11 Å². The Morgan fingerprint density at radius 2 is 1.94 bits per heavy atom. The van der Waals surface area contributed by atoms with Crippen molar-refractivity contribution in [1.29, 1.82) is 0 Å². The highest BCUT2D eigenvalue weighted by Gasteiger charge is 2.20. The maximum atomic E-state index is 13.3. The molecule has 0 saturated carbocycles.